The first kappa shape index (κ1) is 21.4. The molecule has 164 valence electrons. The van der Waals surface area contributed by atoms with Gasteiger partial charge in [-0.2, -0.15) is 10.4 Å². The second kappa shape index (κ2) is 9.54. The maximum atomic E-state index is 12.5. The second-order valence-electron chi connectivity index (χ2n) is 7.62. The van der Waals surface area contributed by atoms with E-state index in [0.29, 0.717) is 41.5 Å². The molecule has 1 atom stereocenters. The Kier molecular flexibility index (Phi) is 6.38. The third-order valence-corrected chi connectivity index (χ3v) is 5.57. The first-order chi connectivity index (χ1) is 15.6. The molecule has 2 aromatic carbocycles. The van der Waals surface area contributed by atoms with Gasteiger partial charge in [0.25, 0.3) is 5.91 Å². The van der Waals surface area contributed by atoms with Crippen LogP contribution in [-0.2, 0) is 11.3 Å². The standard InChI is InChI=1S/C24H25N5O3/c1-31-21-7-3-2-6-19(21)24(30)27-14-16-8-10-17(11-9-16)22-20(13-25)23(26)29(28-22)18-5-4-12-32-15-18/h2-3,6-11,18H,4-5,12,14-15,26H2,1H3,(H,27,30). The van der Waals surface area contributed by atoms with E-state index in [1.54, 1.807) is 22.9 Å². The van der Waals surface area contributed by atoms with Crippen molar-refractivity contribution in [2.24, 2.45) is 0 Å². The summed E-state index contributed by atoms with van der Waals surface area (Å²) in [5.74, 6) is 0.687. The first-order valence-corrected chi connectivity index (χ1v) is 10.5. The van der Waals surface area contributed by atoms with Gasteiger partial charge in [-0.25, -0.2) is 4.68 Å². The highest BCUT2D eigenvalue weighted by atomic mass is 16.5. The molecule has 0 radical (unpaired) electrons. The number of ether oxygens (including phenoxy) is 2. The Labute approximate surface area is 186 Å². The third kappa shape index (κ3) is 4.29. The van der Waals surface area contributed by atoms with Crippen LogP contribution in [0.4, 0.5) is 5.82 Å². The fourth-order valence-electron chi connectivity index (χ4n) is 3.84. The highest BCUT2D eigenvalue weighted by Crippen LogP contribution is 2.31. The SMILES string of the molecule is COc1ccccc1C(=O)NCc1ccc(-c2nn(C3CCCOC3)c(N)c2C#N)cc1. The highest BCUT2D eigenvalue weighted by molar-refractivity contribution is 5.96. The number of hydrogen-bond donors (Lipinski definition) is 2. The zero-order valence-electron chi connectivity index (χ0n) is 17.9. The van der Waals surface area contributed by atoms with Crippen molar-refractivity contribution in [3.8, 4) is 23.1 Å². The van der Waals surface area contributed by atoms with Crippen LogP contribution in [0.2, 0.25) is 0 Å². The number of nitrogen functional groups attached to an aromatic ring is 1. The number of amides is 1. The number of aromatic nitrogens is 2. The Morgan fingerprint density at radius 1 is 1.31 bits per heavy atom. The van der Waals surface area contributed by atoms with Crippen LogP contribution in [0.5, 0.6) is 5.75 Å². The van der Waals surface area contributed by atoms with Gasteiger partial charge in [0, 0.05) is 18.7 Å². The van der Waals surface area contributed by atoms with Crippen LogP contribution in [-0.4, -0.2) is 36.0 Å². The zero-order chi connectivity index (χ0) is 22.5. The van der Waals surface area contributed by atoms with Crippen molar-refractivity contribution in [3.05, 3.63) is 65.2 Å². The molecule has 1 aliphatic rings. The Morgan fingerprint density at radius 3 is 2.78 bits per heavy atom. The number of anilines is 1. The zero-order valence-corrected chi connectivity index (χ0v) is 17.9. The van der Waals surface area contributed by atoms with Crippen LogP contribution in [0.3, 0.4) is 0 Å². The molecule has 1 aliphatic heterocycles. The van der Waals surface area contributed by atoms with Gasteiger partial charge < -0.3 is 20.5 Å². The summed E-state index contributed by atoms with van der Waals surface area (Å²) in [5.41, 5.74) is 9.36. The Bertz CT molecular complexity index is 1140. The van der Waals surface area contributed by atoms with E-state index in [-0.39, 0.29) is 11.9 Å². The lowest BCUT2D eigenvalue weighted by molar-refractivity contribution is 0.0558. The van der Waals surface area contributed by atoms with E-state index >= 15 is 0 Å². The molecule has 1 unspecified atom stereocenters. The number of para-hydroxylation sites is 1. The average molecular weight is 431 g/mol. The van der Waals surface area contributed by atoms with Gasteiger partial charge in [-0.3, -0.25) is 4.79 Å². The van der Waals surface area contributed by atoms with Crippen LogP contribution in [0, 0.1) is 11.3 Å². The molecule has 0 spiro atoms. The van der Waals surface area contributed by atoms with Crippen molar-refractivity contribution < 1.29 is 14.3 Å². The van der Waals surface area contributed by atoms with Crippen LogP contribution in [0.1, 0.15) is 40.4 Å². The largest absolute Gasteiger partial charge is 0.496 e. The molecule has 4 rings (SSSR count). The number of methoxy groups -OCH3 is 1. The van der Waals surface area contributed by atoms with Crippen LogP contribution >= 0.6 is 0 Å². The lowest BCUT2D eigenvalue weighted by Gasteiger charge is -2.23. The van der Waals surface area contributed by atoms with Gasteiger partial charge in [-0.15, -0.1) is 0 Å². The fourth-order valence-corrected chi connectivity index (χ4v) is 3.84. The minimum absolute atomic E-state index is 0.0362. The van der Waals surface area contributed by atoms with Gasteiger partial charge in [0.1, 0.15) is 28.9 Å². The van der Waals surface area contributed by atoms with Gasteiger partial charge in [-0.1, -0.05) is 36.4 Å². The minimum Gasteiger partial charge on any atom is -0.496 e. The predicted octanol–water partition coefficient (Wildman–Crippen LogP) is 3.29. The van der Waals surface area contributed by atoms with E-state index in [1.165, 1.54) is 7.11 Å². The number of carbonyl (C=O) groups excluding carboxylic acids is 1. The molecular formula is C24H25N5O3. The van der Waals surface area contributed by atoms with Crippen molar-refractivity contribution in [2.45, 2.75) is 25.4 Å². The summed E-state index contributed by atoms with van der Waals surface area (Å²) >= 11 is 0. The molecule has 8 nitrogen and oxygen atoms in total. The number of benzene rings is 2. The third-order valence-electron chi connectivity index (χ3n) is 5.57. The lowest BCUT2D eigenvalue weighted by Crippen LogP contribution is -2.23. The monoisotopic (exact) mass is 431 g/mol. The first-order valence-electron chi connectivity index (χ1n) is 10.5. The summed E-state index contributed by atoms with van der Waals surface area (Å²) in [5, 5.41) is 17.2. The van der Waals surface area contributed by atoms with Gasteiger partial charge in [0.15, 0.2) is 0 Å². The summed E-state index contributed by atoms with van der Waals surface area (Å²) in [6, 6.07) is 16.9. The molecule has 2 heterocycles. The Hall–Kier alpha value is -3.83. The maximum Gasteiger partial charge on any atom is 0.255 e. The van der Waals surface area contributed by atoms with Crippen molar-refractivity contribution >= 4 is 11.7 Å². The van der Waals surface area contributed by atoms with Crippen molar-refractivity contribution in [2.75, 3.05) is 26.1 Å². The predicted molar refractivity (Wildman–Crippen MR) is 120 cm³/mol. The van der Waals surface area contributed by atoms with E-state index in [4.69, 9.17) is 15.2 Å². The Morgan fingerprint density at radius 2 is 2.09 bits per heavy atom. The molecule has 0 aliphatic carbocycles. The van der Waals surface area contributed by atoms with Crippen molar-refractivity contribution in [1.82, 2.24) is 15.1 Å². The normalized spacial score (nSPS) is 15.7. The maximum absolute atomic E-state index is 12.5. The van der Waals surface area contributed by atoms with E-state index in [0.717, 1.165) is 30.6 Å². The van der Waals surface area contributed by atoms with Crippen LogP contribution in [0.15, 0.2) is 48.5 Å². The van der Waals surface area contributed by atoms with E-state index in [9.17, 15) is 10.1 Å². The Balaban J connectivity index is 1.49. The lowest BCUT2D eigenvalue weighted by atomic mass is 10.1. The number of hydrogen-bond acceptors (Lipinski definition) is 6. The summed E-state index contributed by atoms with van der Waals surface area (Å²) in [7, 11) is 1.54. The molecule has 1 amide bonds. The number of nitriles is 1. The molecule has 32 heavy (non-hydrogen) atoms. The van der Waals surface area contributed by atoms with Crippen LogP contribution < -0.4 is 15.8 Å². The number of nitrogens with two attached hydrogens (primary N) is 1. The molecule has 3 N–H and O–H groups in total. The van der Waals surface area contributed by atoms with E-state index in [1.807, 2.05) is 30.3 Å². The van der Waals surface area contributed by atoms with Crippen molar-refractivity contribution in [1.29, 1.82) is 5.26 Å². The van der Waals surface area contributed by atoms with Gasteiger partial charge in [0.05, 0.1) is 25.3 Å². The fraction of sp³-hybridized carbons (Fsp3) is 0.292. The van der Waals surface area contributed by atoms with Gasteiger partial charge in [0.2, 0.25) is 0 Å². The number of nitrogens with one attached hydrogen (secondary N) is 1. The summed E-state index contributed by atoms with van der Waals surface area (Å²) in [6.45, 7) is 1.64. The molecule has 0 bridgehead atoms. The molecule has 1 aromatic heterocycles. The van der Waals surface area contributed by atoms with E-state index < -0.39 is 0 Å². The molecule has 8 heteroatoms. The number of carbonyl (C=O) groups is 1. The number of rotatable bonds is 6. The highest BCUT2D eigenvalue weighted by Gasteiger charge is 2.24. The molecule has 1 saturated heterocycles. The molecular weight excluding hydrogens is 406 g/mol. The molecule has 3 aromatic rings. The summed E-state index contributed by atoms with van der Waals surface area (Å²) in [6.07, 6.45) is 1.86. The van der Waals surface area contributed by atoms with E-state index in [2.05, 4.69) is 16.5 Å². The van der Waals surface area contributed by atoms with Gasteiger partial charge >= 0.3 is 0 Å². The number of nitrogens with zero attached hydrogens (tertiary/aromatic N) is 3. The topological polar surface area (TPSA) is 115 Å². The summed E-state index contributed by atoms with van der Waals surface area (Å²) < 4.78 is 12.5. The van der Waals surface area contributed by atoms with Gasteiger partial charge in [-0.05, 0) is 30.5 Å². The molecule has 0 saturated carbocycles. The second-order valence-corrected chi connectivity index (χ2v) is 7.62. The molecule has 1 fully saturated rings. The quantitative estimate of drug-likeness (QED) is 0.619. The minimum atomic E-state index is -0.209. The van der Waals surface area contributed by atoms with Crippen molar-refractivity contribution in [3.63, 3.8) is 0 Å². The van der Waals surface area contributed by atoms with Crippen LogP contribution in [0.25, 0.3) is 11.3 Å². The summed E-state index contributed by atoms with van der Waals surface area (Å²) in [4.78, 5) is 12.5. The smallest absolute Gasteiger partial charge is 0.255 e. The average Bonchev–Trinajstić information content (AvgIpc) is 3.19.